The maximum Gasteiger partial charge on any atom is 0.0312 e. The van der Waals surface area contributed by atoms with Crippen LogP contribution in [-0.4, -0.2) is 35.1 Å². The summed E-state index contributed by atoms with van der Waals surface area (Å²) in [6.07, 6.45) is 5.47. The lowest BCUT2D eigenvalue weighted by Gasteiger charge is -2.47. The van der Waals surface area contributed by atoms with Gasteiger partial charge in [-0.3, -0.25) is 4.90 Å². The predicted molar refractivity (Wildman–Crippen MR) is 65.1 cm³/mol. The Balaban J connectivity index is 2.04. The topological polar surface area (TPSA) is 15.3 Å². The first-order chi connectivity index (χ1) is 6.91. The molecule has 0 aromatic carbocycles. The molecule has 0 amide bonds. The maximum atomic E-state index is 3.83. The van der Waals surface area contributed by atoms with E-state index in [-0.39, 0.29) is 0 Å². The number of piperidine rings is 1. The molecule has 1 N–H and O–H groups in total. The highest BCUT2D eigenvalue weighted by molar-refractivity contribution is 5.02. The van der Waals surface area contributed by atoms with Gasteiger partial charge in [0.2, 0.25) is 0 Å². The average molecular weight is 210 g/mol. The van der Waals surface area contributed by atoms with E-state index in [2.05, 4.69) is 37.9 Å². The van der Waals surface area contributed by atoms with Crippen molar-refractivity contribution in [1.82, 2.24) is 10.2 Å². The SMILES string of the molecule is CC1CCC2(CCCN(C(C)(C)C)C2)N1. The molecule has 2 heterocycles. The van der Waals surface area contributed by atoms with E-state index in [9.17, 15) is 0 Å². The second-order valence-electron chi connectivity index (χ2n) is 6.56. The summed E-state index contributed by atoms with van der Waals surface area (Å²) < 4.78 is 0. The Kier molecular flexibility index (Phi) is 2.85. The fourth-order valence-electron chi connectivity index (χ4n) is 3.19. The molecule has 2 saturated heterocycles. The zero-order valence-corrected chi connectivity index (χ0v) is 10.8. The van der Waals surface area contributed by atoms with E-state index in [1.807, 2.05) is 0 Å². The number of nitrogens with one attached hydrogen (secondary N) is 1. The summed E-state index contributed by atoms with van der Waals surface area (Å²) in [5.41, 5.74) is 0.784. The molecule has 15 heavy (non-hydrogen) atoms. The Morgan fingerprint density at radius 2 is 2.00 bits per heavy atom. The second-order valence-corrected chi connectivity index (χ2v) is 6.56. The third kappa shape index (κ3) is 2.36. The molecule has 2 nitrogen and oxygen atoms in total. The third-order valence-electron chi connectivity index (χ3n) is 4.13. The van der Waals surface area contributed by atoms with Crippen LogP contribution < -0.4 is 5.32 Å². The van der Waals surface area contributed by atoms with E-state index in [0.29, 0.717) is 11.1 Å². The molecule has 2 rings (SSSR count). The van der Waals surface area contributed by atoms with Crippen LogP contribution in [0.25, 0.3) is 0 Å². The van der Waals surface area contributed by atoms with Crippen LogP contribution in [0.3, 0.4) is 0 Å². The van der Waals surface area contributed by atoms with E-state index < -0.39 is 0 Å². The second kappa shape index (κ2) is 3.74. The van der Waals surface area contributed by atoms with Crippen LogP contribution in [0.1, 0.15) is 53.4 Å². The van der Waals surface area contributed by atoms with Gasteiger partial charge < -0.3 is 5.32 Å². The molecule has 88 valence electrons. The first kappa shape index (κ1) is 11.4. The summed E-state index contributed by atoms with van der Waals surface area (Å²) in [4.78, 5) is 2.65. The third-order valence-corrected chi connectivity index (χ3v) is 4.13. The van der Waals surface area contributed by atoms with Crippen molar-refractivity contribution in [2.45, 2.75) is 70.5 Å². The van der Waals surface area contributed by atoms with Gasteiger partial charge in [-0.05, 0) is 59.9 Å². The van der Waals surface area contributed by atoms with Crippen LogP contribution in [0, 0.1) is 0 Å². The lowest BCUT2D eigenvalue weighted by Crippen LogP contribution is -2.59. The average Bonchev–Trinajstić information content (AvgIpc) is 2.46. The zero-order valence-electron chi connectivity index (χ0n) is 10.8. The van der Waals surface area contributed by atoms with Crippen LogP contribution in [0.5, 0.6) is 0 Å². The molecule has 0 saturated carbocycles. The van der Waals surface area contributed by atoms with E-state index >= 15 is 0 Å². The van der Waals surface area contributed by atoms with Gasteiger partial charge in [0.05, 0.1) is 0 Å². The number of nitrogens with zero attached hydrogens (tertiary/aromatic N) is 1. The van der Waals surface area contributed by atoms with Gasteiger partial charge in [0.1, 0.15) is 0 Å². The van der Waals surface area contributed by atoms with Crippen molar-refractivity contribution in [2.75, 3.05) is 13.1 Å². The first-order valence-corrected chi connectivity index (χ1v) is 6.44. The van der Waals surface area contributed by atoms with Gasteiger partial charge >= 0.3 is 0 Å². The molecule has 0 aromatic rings. The Morgan fingerprint density at radius 1 is 1.27 bits per heavy atom. The van der Waals surface area contributed by atoms with Gasteiger partial charge in [0.15, 0.2) is 0 Å². The van der Waals surface area contributed by atoms with Gasteiger partial charge in [0, 0.05) is 23.7 Å². The molecular weight excluding hydrogens is 184 g/mol. The molecule has 2 aliphatic rings. The monoisotopic (exact) mass is 210 g/mol. The number of hydrogen-bond donors (Lipinski definition) is 1. The van der Waals surface area contributed by atoms with Gasteiger partial charge in [0.25, 0.3) is 0 Å². The fourth-order valence-corrected chi connectivity index (χ4v) is 3.19. The molecule has 2 aliphatic heterocycles. The highest BCUT2D eigenvalue weighted by atomic mass is 15.2. The maximum absolute atomic E-state index is 3.83. The molecule has 0 bridgehead atoms. The van der Waals surface area contributed by atoms with Crippen molar-refractivity contribution >= 4 is 0 Å². The highest BCUT2D eigenvalue weighted by Crippen LogP contribution is 2.34. The zero-order chi connectivity index (χ0) is 11.1. The van der Waals surface area contributed by atoms with Crippen LogP contribution in [0.2, 0.25) is 0 Å². The Bertz CT molecular complexity index is 227. The van der Waals surface area contributed by atoms with Crippen LogP contribution in [0.4, 0.5) is 0 Å². The van der Waals surface area contributed by atoms with E-state index in [0.717, 1.165) is 6.04 Å². The van der Waals surface area contributed by atoms with Crippen LogP contribution >= 0.6 is 0 Å². The number of rotatable bonds is 0. The fraction of sp³-hybridized carbons (Fsp3) is 1.00. The van der Waals surface area contributed by atoms with Gasteiger partial charge in [-0.2, -0.15) is 0 Å². The molecule has 0 radical (unpaired) electrons. The highest BCUT2D eigenvalue weighted by Gasteiger charge is 2.42. The predicted octanol–water partition coefficient (Wildman–Crippen LogP) is 2.39. The standard InChI is InChI=1S/C13H26N2/c1-11-6-8-13(14-11)7-5-9-15(10-13)12(2,3)4/h11,14H,5-10H2,1-4H3. The smallest absolute Gasteiger partial charge is 0.0312 e. The van der Waals surface area contributed by atoms with Crippen molar-refractivity contribution in [1.29, 1.82) is 0 Å². The Morgan fingerprint density at radius 3 is 2.53 bits per heavy atom. The lowest BCUT2D eigenvalue weighted by atomic mass is 9.85. The van der Waals surface area contributed by atoms with E-state index in [1.54, 1.807) is 0 Å². The summed E-state index contributed by atoms with van der Waals surface area (Å²) in [5.74, 6) is 0. The quantitative estimate of drug-likeness (QED) is 0.660. The first-order valence-electron chi connectivity index (χ1n) is 6.44. The number of hydrogen-bond acceptors (Lipinski definition) is 2. The molecule has 0 aliphatic carbocycles. The summed E-state index contributed by atoms with van der Waals surface area (Å²) in [6.45, 7) is 11.9. The van der Waals surface area contributed by atoms with Crippen molar-refractivity contribution in [2.24, 2.45) is 0 Å². The van der Waals surface area contributed by atoms with E-state index in [4.69, 9.17) is 0 Å². The van der Waals surface area contributed by atoms with Crippen LogP contribution in [-0.2, 0) is 0 Å². The number of likely N-dealkylation sites (tertiary alicyclic amines) is 1. The minimum Gasteiger partial charge on any atom is -0.308 e. The largest absolute Gasteiger partial charge is 0.308 e. The summed E-state index contributed by atoms with van der Waals surface area (Å²) in [6, 6.07) is 0.727. The molecule has 2 fully saturated rings. The molecule has 2 heteroatoms. The van der Waals surface area contributed by atoms with Crippen molar-refractivity contribution in [3.63, 3.8) is 0 Å². The summed E-state index contributed by atoms with van der Waals surface area (Å²) >= 11 is 0. The minimum atomic E-state index is 0.334. The Hall–Kier alpha value is -0.0800. The summed E-state index contributed by atoms with van der Waals surface area (Å²) in [7, 11) is 0. The molecule has 2 atom stereocenters. The molecule has 0 aromatic heterocycles. The van der Waals surface area contributed by atoms with Gasteiger partial charge in [-0.1, -0.05) is 0 Å². The van der Waals surface area contributed by atoms with Crippen molar-refractivity contribution in [3.8, 4) is 0 Å². The summed E-state index contributed by atoms with van der Waals surface area (Å²) in [5, 5.41) is 3.83. The molecule has 1 spiro atoms. The lowest BCUT2D eigenvalue weighted by molar-refractivity contribution is 0.0555. The molecule has 2 unspecified atom stereocenters. The molecular formula is C13H26N2. The van der Waals surface area contributed by atoms with Crippen LogP contribution in [0.15, 0.2) is 0 Å². The normalized spacial score (nSPS) is 38.8. The van der Waals surface area contributed by atoms with Gasteiger partial charge in [-0.15, -0.1) is 0 Å². The van der Waals surface area contributed by atoms with Gasteiger partial charge in [-0.25, -0.2) is 0 Å². The Labute approximate surface area is 94.4 Å². The van der Waals surface area contributed by atoms with Crippen molar-refractivity contribution < 1.29 is 0 Å². The minimum absolute atomic E-state index is 0.334. The van der Waals surface area contributed by atoms with E-state index in [1.165, 1.54) is 38.8 Å². The van der Waals surface area contributed by atoms with Crippen molar-refractivity contribution in [3.05, 3.63) is 0 Å².